The van der Waals surface area contributed by atoms with E-state index in [9.17, 15) is 9.59 Å². The van der Waals surface area contributed by atoms with Crippen LogP contribution in [0.25, 0.3) is 0 Å². The van der Waals surface area contributed by atoms with Gasteiger partial charge in [0.1, 0.15) is 5.75 Å². The lowest BCUT2D eigenvalue weighted by molar-refractivity contribution is -0.142. The number of nitrogens with zero attached hydrogens (tertiary/aromatic N) is 2. The van der Waals surface area contributed by atoms with Crippen molar-refractivity contribution in [1.29, 1.82) is 0 Å². The molecular formula is C23H24N2O4. The third kappa shape index (κ3) is 3.38. The first-order chi connectivity index (χ1) is 14.2. The number of para-hydroxylation sites is 2. The quantitative estimate of drug-likeness (QED) is 0.788. The molecule has 0 bridgehead atoms. The first kappa shape index (κ1) is 18.2. The summed E-state index contributed by atoms with van der Waals surface area (Å²) in [5, 5.41) is 0. The second kappa shape index (κ2) is 7.52. The molecule has 0 saturated carbocycles. The van der Waals surface area contributed by atoms with Crippen molar-refractivity contribution >= 4 is 17.5 Å². The van der Waals surface area contributed by atoms with Gasteiger partial charge in [0.25, 0.3) is 11.8 Å². The smallest absolute Gasteiger partial charge is 0.265 e. The molecule has 5 rings (SSSR count). The fraction of sp³-hybridized carbons (Fsp3) is 0.391. The number of carbonyl (C=O) groups excluding carboxylic acids is 2. The Morgan fingerprint density at radius 3 is 2.62 bits per heavy atom. The molecule has 1 fully saturated rings. The average molecular weight is 392 g/mol. The van der Waals surface area contributed by atoms with Crippen molar-refractivity contribution < 1.29 is 19.1 Å². The van der Waals surface area contributed by atoms with Gasteiger partial charge in [0.2, 0.25) is 0 Å². The normalized spacial score (nSPS) is 20.6. The Morgan fingerprint density at radius 1 is 0.966 bits per heavy atom. The number of morpholine rings is 1. The Kier molecular flexibility index (Phi) is 4.72. The minimum atomic E-state index is -0.707. The molecule has 2 amide bonds. The molecular weight excluding hydrogens is 368 g/mol. The number of carbonyl (C=O) groups is 2. The summed E-state index contributed by atoms with van der Waals surface area (Å²) in [7, 11) is 0. The van der Waals surface area contributed by atoms with Gasteiger partial charge in [-0.1, -0.05) is 18.2 Å². The van der Waals surface area contributed by atoms with E-state index in [-0.39, 0.29) is 18.4 Å². The van der Waals surface area contributed by atoms with Gasteiger partial charge in [0.15, 0.2) is 6.10 Å². The van der Waals surface area contributed by atoms with Crippen LogP contribution in [0, 0.1) is 0 Å². The Hall–Kier alpha value is -2.86. The van der Waals surface area contributed by atoms with Gasteiger partial charge in [-0.05, 0) is 54.7 Å². The van der Waals surface area contributed by atoms with Crippen LogP contribution in [0.3, 0.4) is 0 Å². The number of fused-ring (bicyclic) bond motifs is 2. The largest absolute Gasteiger partial charge is 0.476 e. The molecule has 1 atom stereocenters. The third-order valence-electron chi connectivity index (χ3n) is 5.96. The second-order valence-electron chi connectivity index (χ2n) is 7.76. The fourth-order valence-electron chi connectivity index (χ4n) is 4.40. The highest BCUT2D eigenvalue weighted by atomic mass is 16.5. The predicted octanol–water partition coefficient (Wildman–Crippen LogP) is 2.44. The molecule has 2 heterocycles. The van der Waals surface area contributed by atoms with E-state index in [2.05, 4.69) is 6.07 Å². The van der Waals surface area contributed by atoms with Crippen LogP contribution in [-0.2, 0) is 22.4 Å². The zero-order valence-corrected chi connectivity index (χ0v) is 16.3. The first-order valence-corrected chi connectivity index (χ1v) is 10.3. The molecule has 6 nitrogen and oxygen atoms in total. The molecule has 2 aromatic carbocycles. The van der Waals surface area contributed by atoms with Crippen LogP contribution in [0.1, 0.15) is 27.9 Å². The second-order valence-corrected chi connectivity index (χ2v) is 7.76. The molecule has 0 unspecified atom stereocenters. The Morgan fingerprint density at radius 2 is 1.76 bits per heavy atom. The Balaban J connectivity index is 1.44. The van der Waals surface area contributed by atoms with Crippen molar-refractivity contribution in [3.05, 3.63) is 59.2 Å². The molecule has 29 heavy (non-hydrogen) atoms. The van der Waals surface area contributed by atoms with Gasteiger partial charge in [0.05, 0.1) is 25.4 Å². The summed E-state index contributed by atoms with van der Waals surface area (Å²) in [6, 6.07) is 13.4. The van der Waals surface area contributed by atoms with Gasteiger partial charge < -0.3 is 19.3 Å². The lowest BCUT2D eigenvalue weighted by Crippen LogP contribution is -2.54. The first-order valence-electron chi connectivity index (χ1n) is 10.3. The number of rotatable bonds is 2. The van der Waals surface area contributed by atoms with E-state index < -0.39 is 6.10 Å². The van der Waals surface area contributed by atoms with Crippen molar-refractivity contribution in [2.45, 2.75) is 25.4 Å². The van der Waals surface area contributed by atoms with Crippen LogP contribution < -0.4 is 9.64 Å². The number of aryl methyl sites for hydroxylation is 2. The van der Waals surface area contributed by atoms with E-state index in [0.29, 0.717) is 43.3 Å². The van der Waals surface area contributed by atoms with Crippen LogP contribution >= 0.6 is 0 Å². The topological polar surface area (TPSA) is 59.1 Å². The van der Waals surface area contributed by atoms with Crippen LogP contribution in [0.15, 0.2) is 42.5 Å². The number of benzene rings is 2. The number of amides is 2. The molecule has 6 heteroatoms. The van der Waals surface area contributed by atoms with Gasteiger partial charge in [-0.25, -0.2) is 0 Å². The Labute approximate surface area is 170 Å². The highest BCUT2D eigenvalue weighted by Crippen LogP contribution is 2.35. The summed E-state index contributed by atoms with van der Waals surface area (Å²) in [5.41, 5.74) is 3.98. The van der Waals surface area contributed by atoms with Crippen molar-refractivity contribution in [3.8, 4) is 5.75 Å². The minimum absolute atomic E-state index is 0.0878. The summed E-state index contributed by atoms with van der Waals surface area (Å²) >= 11 is 0. The maximum atomic E-state index is 13.4. The summed E-state index contributed by atoms with van der Waals surface area (Å²) in [6.45, 7) is 2.39. The van der Waals surface area contributed by atoms with Gasteiger partial charge in [0, 0.05) is 18.7 Å². The van der Waals surface area contributed by atoms with Gasteiger partial charge in [-0.15, -0.1) is 0 Å². The number of ether oxygens (including phenoxy) is 2. The zero-order valence-electron chi connectivity index (χ0n) is 16.3. The number of anilines is 1. The van der Waals surface area contributed by atoms with Crippen molar-refractivity contribution in [3.63, 3.8) is 0 Å². The van der Waals surface area contributed by atoms with Crippen molar-refractivity contribution in [2.24, 2.45) is 0 Å². The monoisotopic (exact) mass is 392 g/mol. The molecule has 1 aliphatic carbocycles. The van der Waals surface area contributed by atoms with E-state index >= 15 is 0 Å². The minimum Gasteiger partial charge on any atom is -0.476 e. The van der Waals surface area contributed by atoms with Gasteiger partial charge in [-0.3, -0.25) is 9.59 Å². The maximum Gasteiger partial charge on any atom is 0.265 e. The Bertz CT molecular complexity index is 952. The van der Waals surface area contributed by atoms with E-state index in [1.807, 2.05) is 36.4 Å². The summed E-state index contributed by atoms with van der Waals surface area (Å²) in [4.78, 5) is 29.9. The van der Waals surface area contributed by atoms with Gasteiger partial charge in [-0.2, -0.15) is 0 Å². The van der Waals surface area contributed by atoms with E-state index in [4.69, 9.17) is 9.47 Å². The molecule has 0 radical (unpaired) electrons. The standard InChI is InChI=1S/C23H24N2O4/c26-22(18-9-8-16-4-3-5-17(16)14-18)25-15-21(23(27)24-10-12-28-13-11-24)29-20-7-2-1-6-19(20)25/h1-2,6-9,14,21H,3-5,10-13,15H2/t21-/m0/s1. The average Bonchev–Trinajstić information content (AvgIpc) is 3.26. The lowest BCUT2D eigenvalue weighted by Gasteiger charge is -2.37. The maximum absolute atomic E-state index is 13.4. The molecule has 2 aromatic rings. The predicted molar refractivity (Wildman–Crippen MR) is 108 cm³/mol. The van der Waals surface area contributed by atoms with E-state index in [0.717, 1.165) is 19.3 Å². The van der Waals surface area contributed by atoms with Crippen LogP contribution in [0.5, 0.6) is 5.75 Å². The SMILES string of the molecule is O=C([C@@H]1CN(C(=O)c2ccc3c(c2)CCC3)c2ccccc2O1)N1CCOCC1. The lowest BCUT2D eigenvalue weighted by atomic mass is 10.0. The third-order valence-corrected chi connectivity index (χ3v) is 5.96. The van der Waals surface area contributed by atoms with Crippen molar-refractivity contribution in [2.75, 3.05) is 37.7 Å². The number of hydrogen-bond donors (Lipinski definition) is 0. The highest BCUT2D eigenvalue weighted by Gasteiger charge is 2.36. The molecule has 150 valence electrons. The van der Waals surface area contributed by atoms with Crippen LogP contribution in [0.2, 0.25) is 0 Å². The molecule has 0 aromatic heterocycles. The number of hydrogen-bond acceptors (Lipinski definition) is 4. The molecule has 0 N–H and O–H groups in total. The molecule has 0 spiro atoms. The summed E-state index contributed by atoms with van der Waals surface area (Å²) < 4.78 is 11.4. The molecule has 1 saturated heterocycles. The van der Waals surface area contributed by atoms with E-state index in [1.165, 1.54) is 11.1 Å². The zero-order chi connectivity index (χ0) is 19.8. The van der Waals surface area contributed by atoms with Crippen LogP contribution in [-0.4, -0.2) is 55.7 Å². The van der Waals surface area contributed by atoms with Gasteiger partial charge >= 0.3 is 0 Å². The van der Waals surface area contributed by atoms with Crippen LogP contribution in [0.4, 0.5) is 5.69 Å². The van der Waals surface area contributed by atoms with E-state index in [1.54, 1.807) is 9.80 Å². The fourth-order valence-corrected chi connectivity index (χ4v) is 4.40. The summed E-state index contributed by atoms with van der Waals surface area (Å²) in [5.74, 6) is 0.393. The summed E-state index contributed by atoms with van der Waals surface area (Å²) in [6.07, 6.45) is 2.54. The molecule has 3 aliphatic rings. The molecule has 2 aliphatic heterocycles. The highest BCUT2D eigenvalue weighted by molar-refractivity contribution is 6.08. The van der Waals surface area contributed by atoms with Crippen molar-refractivity contribution in [1.82, 2.24) is 4.90 Å².